The number of sulfonamides is 1. The van der Waals surface area contributed by atoms with Crippen molar-refractivity contribution >= 4 is 43.4 Å². The summed E-state index contributed by atoms with van der Waals surface area (Å²) < 4.78 is 28.5. The zero-order chi connectivity index (χ0) is 14.4. The minimum atomic E-state index is -3.69. The maximum atomic E-state index is 12.5. The van der Waals surface area contributed by atoms with E-state index in [2.05, 4.69) is 27.3 Å². The van der Waals surface area contributed by atoms with Crippen molar-refractivity contribution in [3.8, 4) is 6.07 Å². The zero-order valence-corrected chi connectivity index (χ0v) is 13.4. The molecular formula is C14H11IN2O2S. The molecule has 0 aromatic heterocycles. The Morgan fingerprint density at radius 2 is 1.80 bits per heavy atom. The highest BCUT2D eigenvalue weighted by molar-refractivity contribution is 14.1. The van der Waals surface area contributed by atoms with Gasteiger partial charge < -0.3 is 0 Å². The van der Waals surface area contributed by atoms with Crippen molar-refractivity contribution in [2.45, 2.75) is 23.3 Å². The standard InChI is InChI=1S/C14H11IN2O2S/c15-12-5-6-13(11-4-2-1-3-10(11)12)20(18,19)17-14(9-16)7-8-14/h1-6,17H,7-8H2. The van der Waals surface area contributed by atoms with Crippen LogP contribution in [0.3, 0.4) is 0 Å². The Morgan fingerprint density at radius 3 is 2.40 bits per heavy atom. The second kappa shape index (κ2) is 4.69. The summed E-state index contributed by atoms with van der Waals surface area (Å²) in [7, 11) is -3.69. The van der Waals surface area contributed by atoms with Gasteiger partial charge in [0.15, 0.2) is 0 Å². The molecule has 3 rings (SSSR count). The number of fused-ring (bicyclic) bond motifs is 1. The van der Waals surface area contributed by atoms with Crippen LogP contribution in [-0.4, -0.2) is 14.0 Å². The van der Waals surface area contributed by atoms with E-state index in [1.165, 1.54) is 0 Å². The van der Waals surface area contributed by atoms with Crippen molar-refractivity contribution in [2.75, 3.05) is 0 Å². The Labute approximate surface area is 131 Å². The Balaban J connectivity index is 2.15. The summed E-state index contributed by atoms with van der Waals surface area (Å²) in [5, 5.41) is 10.6. The lowest BCUT2D eigenvalue weighted by Crippen LogP contribution is -2.35. The number of nitrogens with zero attached hydrogens (tertiary/aromatic N) is 1. The number of nitrogens with one attached hydrogen (secondary N) is 1. The van der Waals surface area contributed by atoms with Crippen LogP contribution >= 0.6 is 22.6 Å². The third kappa shape index (κ3) is 2.30. The number of benzene rings is 2. The normalized spacial score (nSPS) is 16.8. The van der Waals surface area contributed by atoms with Crippen molar-refractivity contribution in [2.24, 2.45) is 0 Å². The molecule has 1 saturated carbocycles. The van der Waals surface area contributed by atoms with E-state index in [1.54, 1.807) is 18.2 Å². The Kier molecular flexibility index (Phi) is 3.23. The van der Waals surface area contributed by atoms with Crippen molar-refractivity contribution in [3.63, 3.8) is 0 Å². The van der Waals surface area contributed by atoms with Crippen molar-refractivity contribution in [3.05, 3.63) is 40.0 Å². The fraction of sp³-hybridized carbons (Fsp3) is 0.214. The molecule has 2 aromatic rings. The highest BCUT2D eigenvalue weighted by Gasteiger charge is 2.47. The summed E-state index contributed by atoms with van der Waals surface area (Å²) in [4.78, 5) is 0.232. The van der Waals surface area contributed by atoms with Gasteiger partial charge in [0, 0.05) is 8.96 Å². The van der Waals surface area contributed by atoms with Crippen LogP contribution in [-0.2, 0) is 10.0 Å². The number of hydrogen-bond donors (Lipinski definition) is 1. The van der Waals surface area contributed by atoms with Gasteiger partial charge in [0.1, 0.15) is 5.54 Å². The Hall–Kier alpha value is -1.17. The van der Waals surface area contributed by atoms with E-state index >= 15 is 0 Å². The fourth-order valence-corrected chi connectivity index (χ4v) is 4.38. The van der Waals surface area contributed by atoms with Gasteiger partial charge in [-0.15, -0.1) is 0 Å². The third-order valence-electron chi connectivity index (χ3n) is 3.41. The minimum Gasteiger partial charge on any atom is -0.207 e. The average Bonchev–Trinajstić information content (AvgIpc) is 3.19. The van der Waals surface area contributed by atoms with Crippen molar-refractivity contribution in [1.29, 1.82) is 5.26 Å². The van der Waals surface area contributed by atoms with Crippen LogP contribution in [0, 0.1) is 14.9 Å². The lowest BCUT2D eigenvalue weighted by Gasteiger charge is -2.13. The second-order valence-electron chi connectivity index (χ2n) is 4.89. The molecule has 0 saturated heterocycles. The molecule has 1 aliphatic carbocycles. The number of rotatable bonds is 3. The molecule has 2 aromatic carbocycles. The number of nitriles is 1. The first-order chi connectivity index (χ1) is 9.47. The quantitative estimate of drug-likeness (QED) is 0.809. The van der Waals surface area contributed by atoms with E-state index in [4.69, 9.17) is 5.26 Å². The topological polar surface area (TPSA) is 70.0 Å². The predicted molar refractivity (Wildman–Crippen MR) is 84.6 cm³/mol. The van der Waals surface area contributed by atoms with E-state index in [0.717, 1.165) is 8.96 Å². The van der Waals surface area contributed by atoms with Gasteiger partial charge in [0.05, 0.1) is 11.0 Å². The molecule has 1 aliphatic rings. The van der Waals surface area contributed by atoms with E-state index in [1.807, 2.05) is 24.3 Å². The van der Waals surface area contributed by atoms with E-state index in [-0.39, 0.29) is 4.90 Å². The van der Waals surface area contributed by atoms with Crippen molar-refractivity contribution in [1.82, 2.24) is 4.72 Å². The van der Waals surface area contributed by atoms with E-state index in [9.17, 15) is 8.42 Å². The molecule has 0 bridgehead atoms. The van der Waals surface area contributed by atoms with E-state index < -0.39 is 15.6 Å². The van der Waals surface area contributed by atoms with Crippen LogP contribution in [0.2, 0.25) is 0 Å². The molecule has 0 atom stereocenters. The highest BCUT2D eigenvalue weighted by atomic mass is 127. The zero-order valence-electron chi connectivity index (χ0n) is 10.4. The molecule has 0 spiro atoms. The smallest absolute Gasteiger partial charge is 0.207 e. The lowest BCUT2D eigenvalue weighted by molar-refractivity contribution is 0.572. The first-order valence-electron chi connectivity index (χ1n) is 6.10. The summed E-state index contributed by atoms with van der Waals surface area (Å²) in [5.41, 5.74) is -0.900. The van der Waals surface area contributed by atoms with Gasteiger partial charge in [-0.2, -0.15) is 9.98 Å². The number of halogens is 1. The average molecular weight is 398 g/mol. The van der Waals surface area contributed by atoms with Crippen molar-refractivity contribution < 1.29 is 8.42 Å². The van der Waals surface area contributed by atoms with E-state index in [0.29, 0.717) is 18.2 Å². The van der Waals surface area contributed by atoms with Gasteiger partial charge in [0.25, 0.3) is 0 Å². The van der Waals surface area contributed by atoms with Gasteiger partial charge in [-0.25, -0.2) is 8.42 Å². The molecule has 6 heteroatoms. The first-order valence-corrected chi connectivity index (χ1v) is 8.66. The first kappa shape index (κ1) is 13.8. The summed E-state index contributed by atoms with van der Waals surface area (Å²) in [5.74, 6) is 0. The van der Waals surface area contributed by atoms with Crippen LogP contribution < -0.4 is 4.72 Å². The molecule has 0 unspecified atom stereocenters. The number of hydrogen-bond acceptors (Lipinski definition) is 3. The largest absolute Gasteiger partial charge is 0.242 e. The molecule has 4 nitrogen and oxygen atoms in total. The molecule has 0 aliphatic heterocycles. The molecule has 0 amide bonds. The molecule has 102 valence electrons. The summed E-state index contributed by atoms with van der Waals surface area (Å²) >= 11 is 2.18. The van der Waals surface area contributed by atoms with Gasteiger partial charge in [0.2, 0.25) is 10.0 Å². The van der Waals surface area contributed by atoms with Crippen LogP contribution in [0.5, 0.6) is 0 Å². The Bertz CT molecular complexity index is 836. The summed E-state index contributed by atoms with van der Waals surface area (Å²) in [6.07, 6.45) is 1.15. The monoisotopic (exact) mass is 398 g/mol. The van der Waals surface area contributed by atoms with Crippen LogP contribution in [0.25, 0.3) is 10.8 Å². The van der Waals surface area contributed by atoms with Gasteiger partial charge in [-0.05, 0) is 53.0 Å². The lowest BCUT2D eigenvalue weighted by atomic mass is 10.1. The molecule has 0 heterocycles. The van der Waals surface area contributed by atoms with Gasteiger partial charge in [-0.3, -0.25) is 0 Å². The molecular weight excluding hydrogens is 387 g/mol. The Morgan fingerprint density at radius 1 is 1.15 bits per heavy atom. The molecule has 1 N–H and O–H groups in total. The predicted octanol–water partition coefficient (Wildman–Crippen LogP) is 2.78. The summed E-state index contributed by atoms with van der Waals surface area (Å²) in [6, 6.07) is 12.8. The summed E-state index contributed by atoms with van der Waals surface area (Å²) in [6.45, 7) is 0. The minimum absolute atomic E-state index is 0.232. The second-order valence-corrected chi connectivity index (χ2v) is 7.70. The van der Waals surface area contributed by atoms with Crippen LogP contribution in [0.15, 0.2) is 41.3 Å². The maximum absolute atomic E-state index is 12.5. The van der Waals surface area contributed by atoms with Gasteiger partial charge >= 0.3 is 0 Å². The molecule has 0 radical (unpaired) electrons. The highest BCUT2D eigenvalue weighted by Crippen LogP contribution is 2.37. The fourth-order valence-electron chi connectivity index (χ4n) is 2.14. The SMILES string of the molecule is N#CC1(NS(=O)(=O)c2ccc(I)c3ccccc23)CC1. The van der Waals surface area contributed by atoms with Crippen LogP contribution in [0.1, 0.15) is 12.8 Å². The molecule has 1 fully saturated rings. The third-order valence-corrected chi connectivity index (χ3v) is 5.95. The maximum Gasteiger partial charge on any atom is 0.242 e. The molecule has 20 heavy (non-hydrogen) atoms. The van der Waals surface area contributed by atoms with Gasteiger partial charge in [-0.1, -0.05) is 24.3 Å². The van der Waals surface area contributed by atoms with Crippen LogP contribution in [0.4, 0.5) is 0 Å².